The number of carbonyl (C=O) groups is 1. The number of halogens is 3. The molecule has 3 nitrogen and oxygen atoms in total. The highest BCUT2D eigenvalue weighted by atomic mass is 19.4. The smallest absolute Gasteiger partial charge is 0.432 e. The molecule has 0 saturated heterocycles. The third-order valence-electron chi connectivity index (χ3n) is 2.37. The first-order valence-electron chi connectivity index (χ1n) is 4.89. The summed E-state index contributed by atoms with van der Waals surface area (Å²) in [6.07, 6.45) is -2.40. The minimum Gasteiger partial charge on any atom is -0.466 e. The number of hydrogen-bond acceptors (Lipinski definition) is 3. The Balaban J connectivity index is 2.94. The molecule has 2 atom stereocenters. The number of hydrogen-bond donors (Lipinski definition) is 0. The largest absolute Gasteiger partial charge is 0.466 e. The van der Waals surface area contributed by atoms with Crippen molar-refractivity contribution in [2.75, 3.05) is 7.11 Å². The lowest BCUT2D eigenvalue weighted by Gasteiger charge is -2.28. The van der Waals surface area contributed by atoms with Crippen LogP contribution in [0, 0.1) is 0 Å². The zero-order valence-electron chi connectivity index (χ0n) is 9.00. The number of alkyl halides is 3. The molecule has 0 saturated carbocycles. The lowest BCUT2D eigenvalue weighted by Crippen LogP contribution is -2.52. The molecule has 92 valence electrons. The highest BCUT2D eigenvalue weighted by Crippen LogP contribution is 2.41. The van der Waals surface area contributed by atoms with Crippen LogP contribution in [0.5, 0.6) is 0 Å². The predicted octanol–water partition coefficient (Wildman–Crippen LogP) is 2.22. The summed E-state index contributed by atoms with van der Waals surface area (Å²) in [4.78, 5) is 11.2. The molecule has 0 spiro atoms. The second-order valence-electron chi connectivity index (χ2n) is 3.53. The molecule has 1 aliphatic rings. The maximum atomic E-state index is 12.8. The molecule has 6 heteroatoms. The van der Waals surface area contributed by atoms with Crippen molar-refractivity contribution in [1.29, 1.82) is 0 Å². The van der Waals surface area contributed by atoms with Crippen LogP contribution in [-0.4, -0.2) is 31.0 Å². The fourth-order valence-electron chi connectivity index (χ4n) is 1.54. The van der Waals surface area contributed by atoms with E-state index in [0.29, 0.717) is 12.8 Å². The van der Waals surface area contributed by atoms with Crippen molar-refractivity contribution >= 4 is 5.97 Å². The van der Waals surface area contributed by atoms with Gasteiger partial charge in [-0.25, -0.2) is 4.79 Å². The van der Waals surface area contributed by atoms with Crippen molar-refractivity contribution in [1.82, 2.24) is 0 Å². The highest BCUT2D eigenvalue weighted by Gasteiger charge is 2.64. The van der Waals surface area contributed by atoms with Crippen LogP contribution >= 0.6 is 0 Å². The maximum absolute atomic E-state index is 12.8. The van der Waals surface area contributed by atoms with Gasteiger partial charge in [-0.2, -0.15) is 13.2 Å². The fourth-order valence-corrected chi connectivity index (χ4v) is 1.54. The average Bonchev–Trinajstić information content (AvgIpc) is 2.62. The lowest BCUT2D eigenvalue weighted by atomic mass is 10.0. The number of carbonyl (C=O) groups excluding carboxylic acids is 1. The van der Waals surface area contributed by atoms with Gasteiger partial charge in [0.15, 0.2) is 0 Å². The van der Waals surface area contributed by atoms with Gasteiger partial charge in [0, 0.05) is 0 Å². The number of ether oxygens (including phenoxy) is 2. The third kappa shape index (κ3) is 2.07. The third-order valence-corrected chi connectivity index (χ3v) is 2.37. The Labute approximate surface area is 91.2 Å². The van der Waals surface area contributed by atoms with E-state index in [9.17, 15) is 18.0 Å². The Kier molecular flexibility index (Phi) is 3.62. The van der Waals surface area contributed by atoms with Gasteiger partial charge >= 0.3 is 12.1 Å². The Bertz CT molecular complexity index is 298. The SMILES string of the molecule is CCC[C@H]1C=C[C@@](C(=O)OC)(C(F)(F)F)O1. The Morgan fingerprint density at radius 3 is 2.62 bits per heavy atom. The second kappa shape index (κ2) is 4.45. The summed E-state index contributed by atoms with van der Waals surface area (Å²) < 4.78 is 47.3. The van der Waals surface area contributed by atoms with Gasteiger partial charge in [-0.3, -0.25) is 0 Å². The van der Waals surface area contributed by atoms with Crippen LogP contribution in [0.25, 0.3) is 0 Å². The van der Waals surface area contributed by atoms with E-state index in [4.69, 9.17) is 4.74 Å². The van der Waals surface area contributed by atoms with Crippen LogP contribution in [0.15, 0.2) is 12.2 Å². The molecule has 0 fully saturated rings. The van der Waals surface area contributed by atoms with E-state index in [0.717, 1.165) is 13.2 Å². The van der Waals surface area contributed by atoms with Gasteiger partial charge in [0.05, 0.1) is 13.2 Å². The van der Waals surface area contributed by atoms with Crippen molar-refractivity contribution in [2.45, 2.75) is 37.6 Å². The summed E-state index contributed by atoms with van der Waals surface area (Å²) in [5.74, 6) is -1.44. The van der Waals surface area contributed by atoms with Gasteiger partial charge in [0.1, 0.15) is 0 Å². The molecular formula is C10H13F3O3. The van der Waals surface area contributed by atoms with E-state index >= 15 is 0 Å². The zero-order chi connectivity index (χ0) is 12.4. The molecule has 0 aromatic carbocycles. The summed E-state index contributed by atoms with van der Waals surface area (Å²) in [6.45, 7) is 1.82. The first kappa shape index (κ1) is 13.0. The van der Waals surface area contributed by atoms with E-state index in [1.807, 2.05) is 6.92 Å². The summed E-state index contributed by atoms with van der Waals surface area (Å²) in [5.41, 5.74) is -2.93. The molecule has 0 aromatic rings. The van der Waals surface area contributed by atoms with Gasteiger partial charge in [-0.1, -0.05) is 19.4 Å². The van der Waals surface area contributed by atoms with E-state index < -0.39 is 23.9 Å². The van der Waals surface area contributed by atoms with E-state index in [1.165, 1.54) is 6.08 Å². The zero-order valence-corrected chi connectivity index (χ0v) is 9.00. The van der Waals surface area contributed by atoms with Crippen LogP contribution in [0.3, 0.4) is 0 Å². The lowest BCUT2D eigenvalue weighted by molar-refractivity contribution is -0.260. The molecule has 0 aromatic heterocycles. The second-order valence-corrected chi connectivity index (χ2v) is 3.53. The molecule has 1 aliphatic heterocycles. The Morgan fingerprint density at radius 2 is 2.19 bits per heavy atom. The van der Waals surface area contributed by atoms with Crippen LogP contribution in [0.1, 0.15) is 19.8 Å². The first-order chi connectivity index (χ1) is 7.37. The van der Waals surface area contributed by atoms with Gasteiger partial charge < -0.3 is 9.47 Å². The van der Waals surface area contributed by atoms with Crippen LogP contribution in [0.2, 0.25) is 0 Å². The minimum absolute atomic E-state index is 0.436. The summed E-state index contributed by atoms with van der Waals surface area (Å²) >= 11 is 0. The fraction of sp³-hybridized carbons (Fsp3) is 0.700. The molecule has 0 N–H and O–H groups in total. The van der Waals surface area contributed by atoms with Crippen LogP contribution in [0.4, 0.5) is 13.2 Å². The minimum atomic E-state index is -4.81. The molecule has 0 radical (unpaired) electrons. The molecular weight excluding hydrogens is 225 g/mol. The van der Waals surface area contributed by atoms with Crippen molar-refractivity contribution < 1.29 is 27.4 Å². The quantitative estimate of drug-likeness (QED) is 0.558. The standard InChI is InChI=1S/C10H13F3O3/c1-3-4-7-5-6-9(16-7,8(14)15-2)10(11,12)13/h5-7H,3-4H2,1-2H3/t7-,9+/m0/s1. The number of methoxy groups -OCH3 is 1. The van der Waals surface area contributed by atoms with Gasteiger partial charge in [-0.05, 0) is 12.5 Å². The average molecular weight is 238 g/mol. The molecule has 0 amide bonds. The number of rotatable bonds is 3. The van der Waals surface area contributed by atoms with Crippen LogP contribution < -0.4 is 0 Å². The monoisotopic (exact) mass is 238 g/mol. The summed E-state index contributed by atoms with van der Waals surface area (Å²) in [6, 6.07) is 0. The molecule has 1 heterocycles. The van der Waals surface area contributed by atoms with Crippen molar-refractivity contribution in [3.63, 3.8) is 0 Å². The van der Waals surface area contributed by atoms with Gasteiger partial charge in [0.25, 0.3) is 5.60 Å². The normalized spacial score (nSPS) is 29.4. The van der Waals surface area contributed by atoms with E-state index in [-0.39, 0.29) is 0 Å². The first-order valence-corrected chi connectivity index (χ1v) is 4.89. The summed E-state index contributed by atoms with van der Waals surface area (Å²) in [5, 5.41) is 0. The van der Waals surface area contributed by atoms with Crippen LogP contribution in [-0.2, 0) is 14.3 Å². The molecule has 0 aliphatic carbocycles. The molecule has 16 heavy (non-hydrogen) atoms. The summed E-state index contributed by atoms with van der Waals surface area (Å²) in [7, 11) is 0.903. The Morgan fingerprint density at radius 1 is 1.56 bits per heavy atom. The number of esters is 1. The van der Waals surface area contributed by atoms with Gasteiger partial charge in [-0.15, -0.1) is 0 Å². The predicted molar refractivity (Wildman–Crippen MR) is 49.7 cm³/mol. The molecule has 1 rings (SSSR count). The maximum Gasteiger partial charge on any atom is 0.432 e. The van der Waals surface area contributed by atoms with Crippen molar-refractivity contribution in [3.05, 3.63) is 12.2 Å². The van der Waals surface area contributed by atoms with Crippen molar-refractivity contribution in [3.8, 4) is 0 Å². The topological polar surface area (TPSA) is 35.5 Å². The molecule has 0 bridgehead atoms. The molecule has 0 unspecified atom stereocenters. The van der Waals surface area contributed by atoms with Gasteiger partial charge in [0.2, 0.25) is 0 Å². The van der Waals surface area contributed by atoms with E-state index in [1.54, 1.807) is 0 Å². The van der Waals surface area contributed by atoms with E-state index in [2.05, 4.69) is 4.74 Å². The Hall–Kier alpha value is -1.04. The highest BCUT2D eigenvalue weighted by molar-refractivity contribution is 5.84. The van der Waals surface area contributed by atoms with Crippen molar-refractivity contribution in [2.24, 2.45) is 0 Å².